The first-order valence-corrected chi connectivity index (χ1v) is 11.2. The number of carbonyl (C=O) groups excluding carboxylic acids is 2. The molecule has 3 aromatic carbocycles. The van der Waals surface area contributed by atoms with E-state index in [9.17, 15) is 9.59 Å². The fourth-order valence-electron chi connectivity index (χ4n) is 4.43. The van der Waals surface area contributed by atoms with Crippen molar-refractivity contribution in [2.45, 2.75) is 25.5 Å². The molecule has 2 amide bonds. The summed E-state index contributed by atoms with van der Waals surface area (Å²) in [6.07, 6.45) is -0.0579. The first-order chi connectivity index (χ1) is 15.5. The molecular weight excluding hydrogens is 447 g/mol. The van der Waals surface area contributed by atoms with Crippen LogP contribution in [0.4, 0.5) is 11.4 Å². The maximum Gasteiger partial charge on any atom is 0.266 e. The largest absolute Gasteiger partial charge is 0.273 e. The smallest absolute Gasteiger partial charge is 0.266 e. The van der Waals surface area contributed by atoms with E-state index in [2.05, 4.69) is 6.92 Å². The Morgan fingerprint density at radius 1 is 0.844 bits per heavy atom. The molecule has 0 aliphatic carbocycles. The van der Waals surface area contributed by atoms with Gasteiger partial charge in [0.1, 0.15) is 5.92 Å². The van der Waals surface area contributed by atoms with Gasteiger partial charge in [0, 0.05) is 0 Å². The van der Waals surface area contributed by atoms with Crippen molar-refractivity contribution in [1.82, 2.24) is 0 Å². The minimum atomic E-state index is -0.967. The quantitative estimate of drug-likeness (QED) is 0.469. The molecule has 7 heteroatoms. The monoisotopic (exact) mass is 466 g/mol. The molecule has 0 N–H and O–H groups in total. The van der Waals surface area contributed by atoms with E-state index >= 15 is 0 Å². The van der Waals surface area contributed by atoms with E-state index in [-0.39, 0.29) is 21.6 Å². The van der Waals surface area contributed by atoms with Gasteiger partial charge >= 0.3 is 0 Å². The Hall–Kier alpha value is -2.86. The summed E-state index contributed by atoms with van der Waals surface area (Å²) < 4.78 is 0. The molecule has 3 atom stereocenters. The van der Waals surface area contributed by atoms with E-state index in [0.29, 0.717) is 0 Å². The predicted octanol–water partition coefficient (Wildman–Crippen LogP) is 5.61. The van der Waals surface area contributed by atoms with E-state index in [4.69, 9.17) is 28.0 Å². The number of nitrogens with zero attached hydrogens (tertiary/aromatic N) is 2. The van der Waals surface area contributed by atoms with E-state index in [1.807, 2.05) is 54.6 Å². The number of rotatable bonds is 4. The van der Waals surface area contributed by atoms with Gasteiger partial charge in [-0.25, -0.2) is 9.96 Å². The number of carbonyl (C=O) groups is 2. The second kappa shape index (κ2) is 8.24. The third-order valence-electron chi connectivity index (χ3n) is 6.02. The number of aryl methyl sites for hydroxylation is 1. The number of hydroxylamine groups is 1. The summed E-state index contributed by atoms with van der Waals surface area (Å²) in [5.74, 6) is -1.58. The molecule has 2 fully saturated rings. The van der Waals surface area contributed by atoms with E-state index in [0.717, 1.165) is 22.6 Å². The Balaban J connectivity index is 1.60. The highest BCUT2D eigenvalue weighted by atomic mass is 35.5. The molecule has 0 aromatic heterocycles. The number of benzene rings is 3. The highest BCUT2D eigenvalue weighted by molar-refractivity contribution is 6.42. The van der Waals surface area contributed by atoms with Gasteiger partial charge in [-0.3, -0.25) is 14.4 Å². The molecule has 0 bridgehead atoms. The molecule has 3 unspecified atom stereocenters. The number of imide groups is 1. The first kappa shape index (κ1) is 21.0. The van der Waals surface area contributed by atoms with Crippen LogP contribution in [-0.4, -0.2) is 17.9 Å². The van der Waals surface area contributed by atoms with Crippen LogP contribution >= 0.6 is 23.2 Å². The summed E-state index contributed by atoms with van der Waals surface area (Å²) in [6, 6.07) is 22.0. The zero-order chi connectivity index (χ0) is 22.4. The van der Waals surface area contributed by atoms with Gasteiger partial charge in [0.2, 0.25) is 5.91 Å². The molecule has 2 heterocycles. The SMILES string of the molecule is CCc1ccc(C2C3C(=O)N(c4c(Cl)cccc4Cl)C(=O)C3ON2c2ccccc2)cc1. The molecule has 162 valence electrons. The third kappa shape index (κ3) is 3.28. The zero-order valence-corrected chi connectivity index (χ0v) is 18.8. The highest BCUT2D eigenvalue weighted by Crippen LogP contribution is 2.49. The van der Waals surface area contributed by atoms with Gasteiger partial charge < -0.3 is 0 Å². The molecular formula is C25H20Cl2N2O3. The molecule has 3 aromatic rings. The topological polar surface area (TPSA) is 49.9 Å². The maximum absolute atomic E-state index is 13.7. The van der Waals surface area contributed by atoms with Crippen LogP contribution in [0.25, 0.3) is 0 Å². The van der Waals surface area contributed by atoms with Gasteiger partial charge in [-0.2, -0.15) is 0 Å². The van der Waals surface area contributed by atoms with E-state index in [1.165, 1.54) is 5.56 Å². The molecule has 0 radical (unpaired) electrons. The zero-order valence-electron chi connectivity index (χ0n) is 17.2. The Morgan fingerprint density at radius 2 is 1.50 bits per heavy atom. The van der Waals surface area contributed by atoms with Gasteiger partial charge in [0.15, 0.2) is 6.10 Å². The van der Waals surface area contributed by atoms with Crippen LogP contribution in [0.2, 0.25) is 10.0 Å². The van der Waals surface area contributed by atoms with Crippen molar-refractivity contribution in [3.8, 4) is 0 Å². The number of halogens is 2. The van der Waals surface area contributed by atoms with Crippen LogP contribution < -0.4 is 9.96 Å². The summed E-state index contributed by atoms with van der Waals surface area (Å²) in [7, 11) is 0. The van der Waals surface area contributed by atoms with E-state index in [1.54, 1.807) is 23.3 Å². The van der Waals surface area contributed by atoms with Crippen molar-refractivity contribution < 1.29 is 14.4 Å². The lowest BCUT2D eigenvalue weighted by molar-refractivity contribution is -0.126. The molecule has 5 nitrogen and oxygen atoms in total. The van der Waals surface area contributed by atoms with Crippen LogP contribution in [0, 0.1) is 5.92 Å². The number of anilines is 2. The van der Waals surface area contributed by atoms with Gasteiger partial charge in [0.25, 0.3) is 5.91 Å². The molecule has 0 saturated carbocycles. The van der Waals surface area contributed by atoms with E-state index < -0.39 is 24.0 Å². The van der Waals surface area contributed by atoms with Crippen molar-refractivity contribution in [1.29, 1.82) is 0 Å². The number of hydrogen-bond acceptors (Lipinski definition) is 4. The lowest BCUT2D eigenvalue weighted by Gasteiger charge is -2.29. The highest BCUT2D eigenvalue weighted by Gasteiger charge is 2.60. The van der Waals surface area contributed by atoms with Crippen molar-refractivity contribution in [2.24, 2.45) is 5.92 Å². The van der Waals surface area contributed by atoms with Crippen molar-refractivity contribution in [3.63, 3.8) is 0 Å². The number of hydrogen-bond donors (Lipinski definition) is 0. The average Bonchev–Trinajstić information content (AvgIpc) is 3.31. The van der Waals surface area contributed by atoms with Crippen LogP contribution in [0.5, 0.6) is 0 Å². The Morgan fingerprint density at radius 3 is 2.12 bits per heavy atom. The van der Waals surface area contributed by atoms with Crippen LogP contribution in [0.1, 0.15) is 24.1 Å². The maximum atomic E-state index is 13.7. The average molecular weight is 467 g/mol. The molecule has 2 aliphatic heterocycles. The number of para-hydroxylation sites is 2. The molecule has 5 rings (SSSR count). The van der Waals surface area contributed by atoms with Gasteiger partial charge in [0.05, 0.1) is 27.5 Å². The van der Waals surface area contributed by atoms with Crippen molar-refractivity contribution in [3.05, 3.63) is 94.0 Å². The summed E-state index contributed by atoms with van der Waals surface area (Å²) in [6.45, 7) is 2.09. The fraction of sp³-hybridized carbons (Fsp3) is 0.200. The number of amides is 2. The third-order valence-corrected chi connectivity index (χ3v) is 6.63. The Kier molecular flexibility index (Phi) is 5.41. The van der Waals surface area contributed by atoms with Gasteiger partial charge in [-0.05, 0) is 41.8 Å². The van der Waals surface area contributed by atoms with Crippen LogP contribution in [-0.2, 0) is 20.8 Å². The second-order valence-electron chi connectivity index (χ2n) is 7.84. The fourth-order valence-corrected chi connectivity index (χ4v) is 4.99. The van der Waals surface area contributed by atoms with Crippen molar-refractivity contribution in [2.75, 3.05) is 9.96 Å². The van der Waals surface area contributed by atoms with Crippen molar-refractivity contribution >= 4 is 46.4 Å². The first-order valence-electron chi connectivity index (χ1n) is 10.4. The Labute approximate surface area is 196 Å². The second-order valence-corrected chi connectivity index (χ2v) is 8.65. The summed E-state index contributed by atoms with van der Waals surface area (Å²) >= 11 is 12.7. The van der Waals surface area contributed by atoms with Crippen LogP contribution in [0.15, 0.2) is 72.8 Å². The summed E-state index contributed by atoms with van der Waals surface area (Å²) in [4.78, 5) is 34.3. The Bertz CT molecular complexity index is 1160. The molecule has 0 spiro atoms. The minimum absolute atomic E-state index is 0.204. The molecule has 32 heavy (non-hydrogen) atoms. The lowest BCUT2D eigenvalue weighted by Crippen LogP contribution is -2.37. The minimum Gasteiger partial charge on any atom is -0.273 e. The van der Waals surface area contributed by atoms with Crippen LogP contribution in [0.3, 0.4) is 0 Å². The number of fused-ring (bicyclic) bond motifs is 1. The standard InChI is InChI=1S/C25H20Cl2N2O3/c1-2-15-11-13-16(14-12-15)21-20-23(32-29(21)17-7-4-3-5-8-17)25(31)28(24(20)30)22-18(26)9-6-10-19(22)27/h3-14,20-21,23H,2H2,1H3. The van der Waals surface area contributed by atoms with Gasteiger partial charge in [-0.1, -0.05) is 78.7 Å². The normalized spacial score (nSPS) is 22.5. The predicted molar refractivity (Wildman–Crippen MR) is 125 cm³/mol. The summed E-state index contributed by atoms with van der Waals surface area (Å²) in [5, 5.41) is 2.16. The van der Waals surface area contributed by atoms with Gasteiger partial charge in [-0.15, -0.1) is 0 Å². The lowest BCUT2D eigenvalue weighted by atomic mass is 9.90. The molecule has 2 saturated heterocycles. The summed E-state index contributed by atoms with van der Waals surface area (Å²) in [5.41, 5.74) is 3.06. The molecule has 2 aliphatic rings.